The molecule has 0 saturated carbocycles. The zero-order chi connectivity index (χ0) is 13.9. The van der Waals surface area contributed by atoms with Crippen LogP contribution in [-0.2, 0) is 6.54 Å². The van der Waals surface area contributed by atoms with Gasteiger partial charge in [-0.05, 0) is 37.4 Å². The van der Waals surface area contributed by atoms with Crippen molar-refractivity contribution < 1.29 is 0 Å². The van der Waals surface area contributed by atoms with Crippen molar-refractivity contribution in [1.82, 2.24) is 5.32 Å². The summed E-state index contributed by atoms with van der Waals surface area (Å²) in [6.07, 6.45) is 3.82. The highest BCUT2D eigenvalue weighted by Gasteiger charge is 2.29. The first kappa shape index (κ1) is 14.7. The molecule has 0 radical (unpaired) electrons. The predicted octanol–water partition coefficient (Wildman–Crippen LogP) is 4.08. The quantitative estimate of drug-likeness (QED) is 0.894. The molecule has 1 aromatic rings. The van der Waals surface area contributed by atoms with Crippen LogP contribution in [0.5, 0.6) is 0 Å². The Hall–Kier alpha value is -0.730. The highest BCUT2D eigenvalue weighted by atomic mass is 35.5. The summed E-state index contributed by atoms with van der Waals surface area (Å²) in [6.45, 7) is 7.83. The van der Waals surface area contributed by atoms with Crippen molar-refractivity contribution in [3.05, 3.63) is 28.8 Å². The standard InChI is InChI=1S/C16H25ClN2/c1-4-16(2)8-10-19(11-9-16)15-7-5-6-14(17)13(15)12-18-3/h5-7,18H,4,8-12H2,1-3H3. The highest BCUT2D eigenvalue weighted by Crippen LogP contribution is 2.37. The van der Waals surface area contributed by atoms with E-state index in [1.807, 2.05) is 13.1 Å². The number of nitrogens with one attached hydrogen (secondary N) is 1. The van der Waals surface area contributed by atoms with Crippen LogP contribution in [0.2, 0.25) is 5.02 Å². The Kier molecular flexibility index (Phi) is 4.75. The third kappa shape index (κ3) is 3.24. The van der Waals surface area contributed by atoms with E-state index in [-0.39, 0.29) is 0 Å². The molecular weight excluding hydrogens is 256 g/mol. The van der Waals surface area contributed by atoms with Crippen molar-refractivity contribution in [3.63, 3.8) is 0 Å². The molecule has 2 rings (SSSR count). The fourth-order valence-electron chi connectivity index (χ4n) is 2.84. The molecule has 19 heavy (non-hydrogen) atoms. The average Bonchev–Trinajstić information content (AvgIpc) is 2.42. The second kappa shape index (κ2) is 6.15. The van der Waals surface area contributed by atoms with Gasteiger partial charge in [-0.15, -0.1) is 0 Å². The molecule has 0 aromatic heterocycles. The first-order valence-corrected chi connectivity index (χ1v) is 7.64. The summed E-state index contributed by atoms with van der Waals surface area (Å²) < 4.78 is 0. The van der Waals surface area contributed by atoms with Crippen molar-refractivity contribution in [2.24, 2.45) is 5.41 Å². The molecule has 2 nitrogen and oxygen atoms in total. The minimum atomic E-state index is 0.526. The number of hydrogen-bond acceptors (Lipinski definition) is 2. The molecule has 3 heteroatoms. The molecule has 1 fully saturated rings. The molecule has 1 heterocycles. The fourth-order valence-corrected chi connectivity index (χ4v) is 3.07. The molecule has 0 atom stereocenters. The molecule has 0 amide bonds. The van der Waals surface area contributed by atoms with Gasteiger partial charge in [-0.1, -0.05) is 37.9 Å². The lowest BCUT2D eigenvalue weighted by molar-refractivity contribution is 0.238. The maximum absolute atomic E-state index is 6.34. The van der Waals surface area contributed by atoms with Gasteiger partial charge in [-0.25, -0.2) is 0 Å². The van der Waals surface area contributed by atoms with Gasteiger partial charge in [0.05, 0.1) is 0 Å². The van der Waals surface area contributed by atoms with Gasteiger partial charge in [0.25, 0.3) is 0 Å². The van der Waals surface area contributed by atoms with Gasteiger partial charge in [-0.3, -0.25) is 0 Å². The Balaban J connectivity index is 2.17. The summed E-state index contributed by atoms with van der Waals surface area (Å²) >= 11 is 6.34. The van der Waals surface area contributed by atoms with E-state index >= 15 is 0 Å². The fraction of sp³-hybridized carbons (Fsp3) is 0.625. The number of hydrogen-bond donors (Lipinski definition) is 1. The average molecular weight is 281 g/mol. The molecule has 1 N–H and O–H groups in total. The summed E-state index contributed by atoms with van der Waals surface area (Å²) in [7, 11) is 1.97. The number of anilines is 1. The van der Waals surface area contributed by atoms with Crippen LogP contribution in [0.3, 0.4) is 0 Å². The van der Waals surface area contributed by atoms with Crippen molar-refractivity contribution in [3.8, 4) is 0 Å². The largest absolute Gasteiger partial charge is 0.371 e. The first-order valence-electron chi connectivity index (χ1n) is 7.26. The smallest absolute Gasteiger partial charge is 0.0471 e. The number of halogens is 1. The van der Waals surface area contributed by atoms with Gasteiger partial charge in [0.15, 0.2) is 0 Å². The lowest BCUT2D eigenvalue weighted by atomic mass is 9.78. The van der Waals surface area contributed by atoms with E-state index < -0.39 is 0 Å². The minimum absolute atomic E-state index is 0.526. The summed E-state index contributed by atoms with van der Waals surface area (Å²) in [6, 6.07) is 6.25. The van der Waals surface area contributed by atoms with Crippen LogP contribution < -0.4 is 10.2 Å². The lowest BCUT2D eigenvalue weighted by Crippen LogP contribution is -2.39. The number of benzene rings is 1. The van der Waals surface area contributed by atoms with E-state index in [1.54, 1.807) is 0 Å². The van der Waals surface area contributed by atoms with Crippen molar-refractivity contribution in [2.45, 2.75) is 39.7 Å². The van der Waals surface area contributed by atoms with E-state index in [9.17, 15) is 0 Å². The van der Waals surface area contributed by atoms with Gasteiger partial charge < -0.3 is 10.2 Å². The predicted molar refractivity (Wildman–Crippen MR) is 84.1 cm³/mol. The van der Waals surface area contributed by atoms with Crippen molar-refractivity contribution in [2.75, 3.05) is 25.0 Å². The van der Waals surface area contributed by atoms with Gasteiger partial charge in [0.1, 0.15) is 0 Å². The third-order valence-electron chi connectivity index (χ3n) is 4.61. The minimum Gasteiger partial charge on any atom is -0.371 e. The van der Waals surface area contributed by atoms with Crippen LogP contribution in [-0.4, -0.2) is 20.1 Å². The SMILES string of the molecule is CCC1(C)CCN(c2cccc(Cl)c2CNC)CC1. The zero-order valence-electron chi connectivity index (χ0n) is 12.3. The van der Waals surface area contributed by atoms with Gasteiger partial charge >= 0.3 is 0 Å². The molecule has 1 aliphatic rings. The molecular formula is C16H25ClN2. The Morgan fingerprint density at radius 2 is 2.00 bits per heavy atom. The third-order valence-corrected chi connectivity index (χ3v) is 4.97. The van der Waals surface area contributed by atoms with Gasteiger partial charge in [0.2, 0.25) is 0 Å². The Morgan fingerprint density at radius 3 is 2.58 bits per heavy atom. The van der Waals surface area contributed by atoms with E-state index in [4.69, 9.17) is 11.6 Å². The molecule has 0 bridgehead atoms. The summed E-state index contributed by atoms with van der Waals surface area (Å²) in [5.74, 6) is 0. The Bertz CT molecular complexity index is 423. The monoisotopic (exact) mass is 280 g/mol. The van der Waals surface area contributed by atoms with Crippen molar-refractivity contribution in [1.29, 1.82) is 0 Å². The van der Waals surface area contributed by atoms with Crippen LogP contribution in [0.25, 0.3) is 0 Å². The summed E-state index contributed by atoms with van der Waals surface area (Å²) in [5.41, 5.74) is 3.06. The molecule has 0 aliphatic carbocycles. The van der Waals surface area contributed by atoms with Gasteiger partial charge in [0, 0.05) is 35.9 Å². The maximum Gasteiger partial charge on any atom is 0.0471 e. The molecule has 1 saturated heterocycles. The van der Waals surface area contributed by atoms with Crippen LogP contribution in [0.15, 0.2) is 18.2 Å². The number of piperidine rings is 1. The van der Waals surface area contributed by atoms with Crippen LogP contribution in [0.1, 0.15) is 38.7 Å². The van der Waals surface area contributed by atoms with E-state index in [0.29, 0.717) is 5.41 Å². The molecule has 0 spiro atoms. The molecule has 1 aromatic carbocycles. The van der Waals surface area contributed by atoms with Crippen LogP contribution in [0.4, 0.5) is 5.69 Å². The number of nitrogens with zero attached hydrogens (tertiary/aromatic N) is 1. The van der Waals surface area contributed by atoms with E-state index in [1.165, 1.54) is 30.5 Å². The van der Waals surface area contributed by atoms with E-state index in [0.717, 1.165) is 24.7 Å². The molecule has 0 unspecified atom stereocenters. The molecule has 1 aliphatic heterocycles. The molecule has 106 valence electrons. The maximum atomic E-state index is 6.34. The Morgan fingerprint density at radius 1 is 1.32 bits per heavy atom. The lowest BCUT2D eigenvalue weighted by Gasteiger charge is -2.40. The summed E-state index contributed by atoms with van der Waals surface area (Å²) in [4.78, 5) is 2.50. The summed E-state index contributed by atoms with van der Waals surface area (Å²) in [5, 5.41) is 4.09. The second-order valence-electron chi connectivity index (χ2n) is 5.92. The normalized spacial score (nSPS) is 18.6. The number of rotatable bonds is 4. The topological polar surface area (TPSA) is 15.3 Å². The van der Waals surface area contributed by atoms with Crippen LogP contribution >= 0.6 is 11.6 Å². The van der Waals surface area contributed by atoms with E-state index in [2.05, 4.69) is 36.2 Å². The second-order valence-corrected chi connectivity index (χ2v) is 6.33. The first-order chi connectivity index (χ1) is 9.09. The van der Waals surface area contributed by atoms with Gasteiger partial charge in [-0.2, -0.15) is 0 Å². The van der Waals surface area contributed by atoms with Crippen molar-refractivity contribution >= 4 is 17.3 Å². The highest BCUT2D eigenvalue weighted by molar-refractivity contribution is 6.31. The van der Waals surface area contributed by atoms with Crippen LogP contribution in [0, 0.1) is 5.41 Å². The zero-order valence-corrected chi connectivity index (χ0v) is 13.1. The Labute approximate surface area is 122 Å².